The normalized spacial score (nSPS) is 10.6. The molecular weight excluding hydrogens is 227 g/mol. The molecule has 0 heterocycles. The van der Waals surface area contributed by atoms with Gasteiger partial charge in [0.05, 0.1) is 5.56 Å². The first-order valence-corrected chi connectivity index (χ1v) is 5.07. The highest BCUT2D eigenvalue weighted by Crippen LogP contribution is 2.17. The summed E-state index contributed by atoms with van der Waals surface area (Å²) in [6, 6.07) is 4.09. The molecule has 0 saturated carbocycles. The van der Waals surface area contributed by atoms with Crippen LogP contribution in [0.5, 0.6) is 5.75 Å². The number of Topliss-reactive ketones (excluding diaryl/α,β-unsaturated/α-hetero) is 1. The summed E-state index contributed by atoms with van der Waals surface area (Å²) < 4.78 is 28.5. The molecule has 0 aromatic heterocycles. The van der Waals surface area contributed by atoms with Crippen LogP contribution < -0.4 is 4.74 Å². The fourth-order valence-electron chi connectivity index (χ4n) is 1.27. The summed E-state index contributed by atoms with van der Waals surface area (Å²) in [7, 11) is 2.97. The van der Waals surface area contributed by atoms with Gasteiger partial charge in [-0.2, -0.15) is 0 Å². The Kier molecular flexibility index (Phi) is 5.06. The first kappa shape index (κ1) is 13.6. The van der Waals surface area contributed by atoms with Gasteiger partial charge in [-0.15, -0.1) is 0 Å². The number of ether oxygens (including phenoxy) is 3. The lowest BCUT2D eigenvalue weighted by Gasteiger charge is -2.14. The standard InChI is InChI=1S/C12H15FO4/c1-8(14)10-5-4-9(6-11(10)13)17-7-12(15-2)16-3/h4-6,12H,7H2,1-3H3. The highest BCUT2D eigenvalue weighted by atomic mass is 19.1. The van der Waals surface area contributed by atoms with Crippen LogP contribution in [0, 0.1) is 5.82 Å². The zero-order chi connectivity index (χ0) is 12.8. The third-order valence-electron chi connectivity index (χ3n) is 2.23. The van der Waals surface area contributed by atoms with Gasteiger partial charge in [0, 0.05) is 20.3 Å². The Balaban J connectivity index is 2.67. The molecule has 0 aliphatic rings. The smallest absolute Gasteiger partial charge is 0.191 e. The Morgan fingerprint density at radius 1 is 1.35 bits per heavy atom. The van der Waals surface area contributed by atoms with Gasteiger partial charge < -0.3 is 14.2 Å². The zero-order valence-corrected chi connectivity index (χ0v) is 10.0. The van der Waals surface area contributed by atoms with E-state index in [4.69, 9.17) is 14.2 Å². The van der Waals surface area contributed by atoms with Gasteiger partial charge in [0.1, 0.15) is 18.2 Å². The van der Waals surface area contributed by atoms with Crippen molar-refractivity contribution in [1.29, 1.82) is 0 Å². The summed E-state index contributed by atoms with van der Waals surface area (Å²) in [6.45, 7) is 1.46. The molecule has 1 aromatic rings. The second kappa shape index (κ2) is 6.32. The van der Waals surface area contributed by atoms with Crippen molar-refractivity contribution in [3.63, 3.8) is 0 Å². The van der Waals surface area contributed by atoms with Crippen LogP contribution in [0.1, 0.15) is 17.3 Å². The molecule has 0 spiro atoms. The lowest BCUT2D eigenvalue weighted by molar-refractivity contribution is -0.122. The second-order valence-corrected chi connectivity index (χ2v) is 3.41. The van der Waals surface area contributed by atoms with Gasteiger partial charge in [0.2, 0.25) is 0 Å². The minimum Gasteiger partial charge on any atom is -0.488 e. The molecule has 1 rings (SSSR count). The van der Waals surface area contributed by atoms with E-state index in [0.29, 0.717) is 5.75 Å². The van der Waals surface area contributed by atoms with Crippen molar-refractivity contribution in [2.24, 2.45) is 0 Å². The molecule has 0 aliphatic heterocycles. The van der Waals surface area contributed by atoms with Crippen molar-refractivity contribution in [1.82, 2.24) is 0 Å². The Labute approximate surface area is 99.3 Å². The van der Waals surface area contributed by atoms with Gasteiger partial charge in [0.15, 0.2) is 12.1 Å². The second-order valence-electron chi connectivity index (χ2n) is 3.41. The number of benzene rings is 1. The third-order valence-corrected chi connectivity index (χ3v) is 2.23. The SMILES string of the molecule is COC(COc1ccc(C(C)=O)c(F)c1)OC. The van der Waals surface area contributed by atoms with Crippen molar-refractivity contribution in [2.75, 3.05) is 20.8 Å². The van der Waals surface area contributed by atoms with E-state index in [1.807, 2.05) is 0 Å². The van der Waals surface area contributed by atoms with Crippen LogP contribution in [0.2, 0.25) is 0 Å². The third kappa shape index (κ3) is 3.80. The lowest BCUT2D eigenvalue weighted by atomic mass is 10.1. The first-order valence-electron chi connectivity index (χ1n) is 5.07. The molecule has 0 amide bonds. The van der Waals surface area contributed by atoms with Crippen LogP contribution in [-0.2, 0) is 9.47 Å². The highest BCUT2D eigenvalue weighted by molar-refractivity contribution is 5.94. The van der Waals surface area contributed by atoms with Gasteiger partial charge in [-0.1, -0.05) is 0 Å². The van der Waals surface area contributed by atoms with Gasteiger partial charge in [-0.25, -0.2) is 4.39 Å². The van der Waals surface area contributed by atoms with Crippen LogP contribution in [-0.4, -0.2) is 32.9 Å². The van der Waals surface area contributed by atoms with Crippen LogP contribution in [0.25, 0.3) is 0 Å². The molecule has 4 nitrogen and oxygen atoms in total. The monoisotopic (exact) mass is 242 g/mol. The fourth-order valence-corrected chi connectivity index (χ4v) is 1.27. The first-order chi connectivity index (χ1) is 8.08. The van der Waals surface area contributed by atoms with E-state index in [9.17, 15) is 9.18 Å². The number of carbonyl (C=O) groups excluding carboxylic acids is 1. The van der Waals surface area contributed by atoms with Crippen molar-refractivity contribution in [2.45, 2.75) is 13.2 Å². The number of rotatable bonds is 6. The maximum absolute atomic E-state index is 13.4. The van der Waals surface area contributed by atoms with E-state index in [-0.39, 0.29) is 18.0 Å². The van der Waals surface area contributed by atoms with E-state index < -0.39 is 12.1 Å². The average molecular weight is 242 g/mol. The number of hydrogen-bond acceptors (Lipinski definition) is 4. The summed E-state index contributed by atoms with van der Waals surface area (Å²) in [4.78, 5) is 11.0. The van der Waals surface area contributed by atoms with E-state index in [2.05, 4.69) is 0 Å². The minimum absolute atomic E-state index is 0.0485. The largest absolute Gasteiger partial charge is 0.488 e. The van der Waals surface area contributed by atoms with Gasteiger partial charge in [-0.05, 0) is 19.1 Å². The Morgan fingerprint density at radius 3 is 2.47 bits per heavy atom. The van der Waals surface area contributed by atoms with Crippen molar-refractivity contribution >= 4 is 5.78 Å². The van der Waals surface area contributed by atoms with E-state index >= 15 is 0 Å². The predicted octanol–water partition coefficient (Wildman–Crippen LogP) is 2.03. The lowest BCUT2D eigenvalue weighted by Crippen LogP contribution is -2.22. The molecule has 0 fully saturated rings. The highest BCUT2D eigenvalue weighted by Gasteiger charge is 2.10. The van der Waals surface area contributed by atoms with Crippen LogP contribution >= 0.6 is 0 Å². The van der Waals surface area contributed by atoms with Gasteiger partial charge in [0.25, 0.3) is 0 Å². The molecule has 94 valence electrons. The summed E-state index contributed by atoms with van der Waals surface area (Å²) in [5.41, 5.74) is 0.0485. The Morgan fingerprint density at radius 2 is 2.00 bits per heavy atom. The van der Waals surface area contributed by atoms with Crippen LogP contribution in [0.4, 0.5) is 4.39 Å². The maximum Gasteiger partial charge on any atom is 0.191 e. The fraction of sp³-hybridized carbons (Fsp3) is 0.417. The van der Waals surface area contributed by atoms with E-state index in [1.165, 1.54) is 39.3 Å². The number of halogens is 1. The van der Waals surface area contributed by atoms with Crippen molar-refractivity contribution < 1.29 is 23.4 Å². The number of carbonyl (C=O) groups is 1. The molecule has 17 heavy (non-hydrogen) atoms. The van der Waals surface area contributed by atoms with E-state index in [1.54, 1.807) is 0 Å². The molecule has 5 heteroatoms. The van der Waals surface area contributed by atoms with Crippen LogP contribution in [0.3, 0.4) is 0 Å². The Hall–Kier alpha value is -1.46. The summed E-state index contributed by atoms with van der Waals surface area (Å²) in [5.74, 6) is -0.589. The predicted molar refractivity (Wildman–Crippen MR) is 59.7 cm³/mol. The number of hydrogen-bond donors (Lipinski definition) is 0. The molecule has 0 N–H and O–H groups in total. The van der Waals surface area contributed by atoms with Gasteiger partial charge in [-0.3, -0.25) is 4.79 Å². The quantitative estimate of drug-likeness (QED) is 0.565. The van der Waals surface area contributed by atoms with Gasteiger partial charge >= 0.3 is 0 Å². The van der Waals surface area contributed by atoms with Crippen LogP contribution in [0.15, 0.2) is 18.2 Å². The Bertz CT molecular complexity index is 388. The summed E-state index contributed by atoms with van der Waals surface area (Å²) >= 11 is 0. The molecule has 0 aliphatic carbocycles. The molecule has 0 atom stereocenters. The average Bonchev–Trinajstić information content (AvgIpc) is 2.30. The minimum atomic E-state index is -0.596. The molecule has 0 bridgehead atoms. The zero-order valence-electron chi connectivity index (χ0n) is 10.0. The van der Waals surface area contributed by atoms with E-state index in [0.717, 1.165) is 0 Å². The number of ketones is 1. The topological polar surface area (TPSA) is 44.8 Å². The van der Waals surface area contributed by atoms with Crippen molar-refractivity contribution in [3.05, 3.63) is 29.6 Å². The number of methoxy groups -OCH3 is 2. The molecular formula is C12H15FO4. The maximum atomic E-state index is 13.4. The molecule has 0 unspecified atom stereocenters. The summed E-state index contributed by atoms with van der Waals surface area (Å²) in [5, 5.41) is 0. The molecule has 0 saturated heterocycles. The molecule has 1 aromatic carbocycles. The molecule has 0 radical (unpaired) electrons. The summed E-state index contributed by atoms with van der Waals surface area (Å²) in [6.07, 6.45) is -0.509. The van der Waals surface area contributed by atoms with Crippen molar-refractivity contribution in [3.8, 4) is 5.75 Å².